The first-order valence-electron chi connectivity index (χ1n) is 6.35. The number of hydrogen-bond donors (Lipinski definition) is 2. The Morgan fingerprint density at radius 1 is 1.05 bits per heavy atom. The third kappa shape index (κ3) is 2.32. The summed E-state index contributed by atoms with van der Waals surface area (Å²) in [7, 11) is 0. The highest BCUT2D eigenvalue weighted by molar-refractivity contribution is 5.77. The second kappa shape index (κ2) is 4.43. The molecule has 3 heteroatoms. The smallest absolute Gasteiger partial charge is 0.115 e. The number of rotatable bonds is 2. The van der Waals surface area contributed by atoms with Gasteiger partial charge in [-0.3, -0.25) is 0 Å². The Morgan fingerprint density at radius 2 is 1.74 bits per heavy atom. The molecule has 0 atom stereocenters. The molecule has 0 spiro atoms. The van der Waals surface area contributed by atoms with Crippen LogP contribution in [0.2, 0.25) is 0 Å². The van der Waals surface area contributed by atoms with E-state index in [0.717, 1.165) is 28.8 Å². The maximum Gasteiger partial charge on any atom is 0.115 e. The van der Waals surface area contributed by atoms with Crippen molar-refractivity contribution in [2.75, 3.05) is 0 Å². The molecule has 0 radical (unpaired) electrons. The van der Waals surface area contributed by atoms with Crippen LogP contribution < -0.4 is 0 Å². The van der Waals surface area contributed by atoms with E-state index >= 15 is 0 Å². The van der Waals surface area contributed by atoms with E-state index < -0.39 is 0 Å². The zero-order chi connectivity index (χ0) is 13.4. The number of phenolic OH excluding ortho intramolecular Hbond substituents is 1. The van der Waals surface area contributed by atoms with Crippen molar-refractivity contribution < 1.29 is 5.11 Å². The monoisotopic (exact) mass is 252 g/mol. The van der Waals surface area contributed by atoms with Gasteiger partial charge in [-0.1, -0.05) is 12.1 Å². The van der Waals surface area contributed by atoms with E-state index in [4.69, 9.17) is 0 Å². The van der Waals surface area contributed by atoms with E-state index in [1.165, 1.54) is 11.1 Å². The minimum atomic E-state index is 0.291. The zero-order valence-corrected chi connectivity index (χ0v) is 11.1. The molecule has 1 aromatic heterocycles. The van der Waals surface area contributed by atoms with Gasteiger partial charge in [0.25, 0.3) is 0 Å². The van der Waals surface area contributed by atoms with Crippen molar-refractivity contribution in [2.45, 2.75) is 20.3 Å². The van der Waals surface area contributed by atoms with Gasteiger partial charge in [0.15, 0.2) is 0 Å². The van der Waals surface area contributed by atoms with Crippen LogP contribution in [-0.2, 0) is 6.42 Å². The minimum Gasteiger partial charge on any atom is -0.508 e. The Hall–Kier alpha value is -2.29. The summed E-state index contributed by atoms with van der Waals surface area (Å²) in [5.41, 5.74) is 5.75. The maximum absolute atomic E-state index is 9.27. The summed E-state index contributed by atoms with van der Waals surface area (Å²) in [6.07, 6.45) is 0.743. The first-order valence-corrected chi connectivity index (χ1v) is 6.35. The molecule has 0 aliphatic heterocycles. The summed E-state index contributed by atoms with van der Waals surface area (Å²) < 4.78 is 0. The molecule has 0 bridgehead atoms. The molecule has 1 heterocycles. The molecule has 0 fully saturated rings. The first kappa shape index (κ1) is 11.8. The Bertz CT molecular complexity index is 687. The lowest BCUT2D eigenvalue weighted by atomic mass is 10.1. The number of phenols is 1. The predicted octanol–water partition coefficient (Wildman–Crippen LogP) is 3.48. The van der Waals surface area contributed by atoms with Crippen LogP contribution in [0.3, 0.4) is 0 Å². The number of fused-ring (bicyclic) bond motifs is 1. The minimum absolute atomic E-state index is 0.291. The van der Waals surface area contributed by atoms with Crippen LogP contribution in [0.1, 0.15) is 22.5 Å². The van der Waals surface area contributed by atoms with Crippen molar-refractivity contribution in [2.24, 2.45) is 0 Å². The number of nitrogens with zero attached hydrogens (tertiary/aromatic N) is 1. The number of hydrogen-bond acceptors (Lipinski definition) is 2. The fraction of sp³-hybridized carbons (Fsp3) is 0.188. The van der Waals surface area contributed by atoms with E-state index in [1.54, 1.807) is 12.1 Å². The molecule has 0 aliphatic carbocycles. The summed E-state index contributed by atoms with van der Waals surface area (Å²) in [4.78, 5) is 7.97. The maximum atomic E-state index is 9.27. The normalized spacial score (nSPS) is 11.1. The van der Waals surface area contributed by atoms with Gasteiger partial charge in [0.05, 0.1) is 11.0 Å². The number of aryl methyl sites for hydroxylation is 2. The van der Waals surface area contributed by atoms with Gasteiger partial charge in [-0.2, -0.15) is 0 Å². The van der Waals surface area contributed by atoms with Crippen LogP contribution >= 0.6 is 0 Å². The molecule has 2 aromatic carbocycles. The highest BCUT2D eigenvalue weighted by Gasteiger charge is 2.05. The van der Waals surface area contributed by atoms with Crippen molar-refractivity contribution >= 4 is 11.0 Å². The molecular weight excluding hydrogens is 236 g/mol. The van der Waals surface area contributed by atoms with Gasteiger partial charge >= 0.3 is 0 Å². The zero-order valence-electron chi connectivity index (χ0n) is 11.1. The van der Waals surface area contributed by atoms with Gasteiger partial charge in [-0.25, -0.2) is 4.98 Å². The quantitative estimate of drug-likeness (QED) is 0.733. The summed E-state index contributed by atoms with van der Waals surface area (Å²) >= 11 is 0. The molecule has 96 valence electrons. The van der Waals surface area contributed by atoms with Crippen molar-refractivity contribution in [1.29, 1.82) is 0 Å². The third-order valence-electron chi connectivity index (χ3n) is 3.45. The number of aromatic nitrogens is 2. The van der Waals surface area contributed by atoms with Gasteiger partial charge in [-0.15, -0.1) is 0 Å². The molecule has 0 aliphatic rings. The third-order valence-corrected chi connectivity index (χ3v) is 3.45. The van der Waals surface area contributed by atoms with E-state index in [0.29, 0.717) is 5.75 Å². The van der Waals surface area contributed by atoms with E-state index in [2.05, 4.69) is 35.9 Å². The predicted molar refractivity (Wildman–Crippen MR) is 76.5 cm³/mol. The Kier molecular flexibility index (Phi) is 2.75. The average Bonchev–Trinajstić information content (AvgIpc) is 2.74. The van der Waals surface area contributed by atoms with E-state index in [-0.39, 0.29) is 0 Å². The summed E-state index contributed by atoms with van der Waals surface area (Å²) in [5, 5.41) is 9.27. The molecule has 2 N–H and O–H groups in total. The topological polar surface area (TPSA) is 48.9 Å². The average molecular weight is 252 g/mol. The molecule has 0 amide bonds. The van der Waals surface area contributed by atoms with Crippen LogP contribution in [-0.4, -0.2) is 15.1 Å². The summed E-state index contributed by atoms with van der Waals surface area (Å²) in [5.74, 6) is 1.24. The van der Waals surface area contributed by atoms with Gasteiger partial charge in [0.2, 0.25) is 0 Å². The number of nitrogens with one attached hydrogen (secondary N) is 1. The van der Waals surface area contributed by atoms with Crippen LogP contribution in [0, 0.1) is 13.8 Å². The number of benzene rings is 2. The largest absolute Gasteiger partial charge is 0.508 e. The second-order valence-electron chi connectivity index (χ2n) is 4.98. The molecule has 19 heavy (non-hydrogen) atoms. The molecule has 0 unspecified atom stereocenters. The molecule has 3 aromatic rings. The van der Waals surface area contributed by atoms with Crippen molar-refractivity contribution in [3.63, 3.8) is 0 Å². The molecular formula is C16H16N2O. The number of H-pyrrole nitrogens is 1. The van der Waals surface area contributed by atoms with Gasteiger partial charge in [-0.05, 0) is 54.8 Å². The fourth-order valence-electron chi connectivity index (χ4n) is 2.21. The number of aromatic amines is 1. The number of imidazole rings is 1. The van der Waals surface area contributed by atoms with Crippen LogP contribution in [0.25, 0.3) is 11.0 Å². The highest BCUT2D eigenvalue weighted by atomic mass is 16.3. The molecule has 0 saturated carbocycles. The van der Waals surface area contributed by atoms with Crippen LogP contribution in [0.4, 0.5) is 0 Å². The van der Waals surface area contributed by atoms with E-state index in [9.17, 15) is 5.11 Å². The van der Waals surface area contributed by atoms with Crippen LogP contribution in [0.15, 0.2) is 36.4 Å². The van der Waals surface area contributed by atoms with Gasteiger partial charge in [0.1, 0.15) is 11.6 Å². The molecule has 3 rings (SSSR count). The fourth-order valence-corrected chi connectivity index (χ4v) is 2.21. The van der Waals surface area contributed by atoms with E-state index in [1.807, 2.05) is 12.1 Å². The van der Waals surface area contributed by atoms with Crippen LogP contribution in [0.5, 0.6) is 5.75 Å². The lowest BCUT2D eigenvalue weighted by Gasteiger charge is -1.98. The molecule has 0 saturated heterocycles. The Balaban J connectivity index is 1.95. The van der Waals surface area contributed by atoms with Crippen molar-refractivity contribution in [1.82, 2.24) is 9.97 Å². The lowest BCUT2D eigenvalue weighted by Crippen LogP contribution is -1.89. The van der Waals surface area contributed by atoms with Crippen molar-refractivity contribution in [3.8, 4) is 5.75 Å². The second-order valence-corrected chi connectivity index (χ2v) is 4.98. The number of aromatic hydroxyl groups is 1. The first-order chi connectivity index (χ1) is 9.11. The van der Waals surface area contributed by atoms with Gasteiger partial charge in [0, 0.05) is 6.42 Å². The highest BCUT2D eigenvalue weighted by Crippen LogP contribution is 2.19. The molecule has 3 nitrogen and oxygen atoms in total. The Labute approximate surface area is 111 Å². The van der Waals surface area contributed by atoms with Gasteiger partial charge < -0.3 is 10.1 Å². The summed E-state index contributed by atoms with van der Waals surface area (Å²) in [6.45, 7) is 4.21. The summed E-state index contributed by atoms with van der Waals surface area (Å²) in [6, 6.07) is 11.5. The Morgan fingerprint density at radius 3 is 2.47 bits per heavy atom. The van der Waals surface area contributed by atoms with Crippen molar-refractivity contribution in [3.05, 3.63) is 58.9 Å². The standard InChI is InChI=1S/C16H16N2O/c1-10-7-14-15(8-11(10)2)18-16(17-14)9-12-3-5-13(19)6-4-12/h3-8,19H,9H2,1-2H3,(H,17,18). The lowest BCUT2D eigenvalue weighted by molar-refractivity contribution is 0.475. The SMILES string of the molecule is Cc1cc2nc(Cc3ccc(O)cc3)[nH]c2cc1C.